The van der Waals surface area contributed by atoms with Crippen molar-refractivity contribution in [2.45, 2.75) is 13.0 Å². The second-order valence-corrected chi connectivity index (χ2v) is 3.91. The fraction of sp³-hybridized carbons (Fsp3) is 0.500. The van der Waals surface area contributed by atoms with E-state index in [2.05, 4.69) is 16.8 Å². The Labute approximate surface area is 115 Å². The average Bonchev–Trinajstić information content (AvgIpc) is 2.68. The van der Waals surface area contributed by atoms with E-state index < -0.39 is 0 Å². The Hall–Kier alpha value is -0.480. The van der Waals surface area contributed by atoms with Crippen molar-refractivity contribution in [3.63, 3.8) is 0 Å². The summed E-state index contributed by atoms with van der Waals surface area (Å²) in [5, 5.41) is 3.34. The van der Waals surface area contributed by atoms with Crippen molar-refractivity contribution in [2.24, 2.45) is 0 Å². The summed E-state index contributed by atoms with van der Waals surface area (Å²) in [6.07, 6.45) is 1.96. The second-order valence-electron chi connectivity index (χ2n) is 3.91. The van der Waals surface area contributed by atoms with E-state index in [4.69, 9.17) is 4.42 Å². The predicted molar refractivity (Wildman–Crippen MR) is 75.3 cm³/mol. The molecule has 0 spiro atoms. The van der Waals surface area contributed by atoms with Gasteiger partial charge in [0.2, 0.25) is 0 Å². The number of halogens is 2. The minimum atomic E-state index is 0. The van der Waals surface area contributed by atoms with Crippen molar-refractivity contribution in [2.75, 3.05) is 26.2 Å². The number of hydrogen-bond acceptors (Lipinski definition) is 3. The Morgan fingerprint density at radius 2 is 2.00 bits per heavy atom. The zero-order valence-corrected chi connectivity index (χ0v) is 11.6. The molecular formula is C12H20Cl2N2O. The standard InChI is InChI=1S/C12H18N2O.2ClH/c1-3-11(12-5-4-10(2)15-12)14-8-6-13-7-9-14;;/h3-5,11,13H,1,6-9H2,2H3;2*1H/t11-;;/m1../s1. The number of nitrogens with one attached hydrogen (secondary N) is 1. The topological polar surface area (TPSA) is 28.4 Å². The largest absolute Gasteiger partial charge is 0.464 e. The minimum absolute atomic E-state index is 0. The number of piperazine rings is 1. The van der Waals surface area contributed by atoms with Crippen LogP contribution in [0.5, 0.6) is 0 Å². The van der Waals surface area contributed by atoms with E-state index in [-0.39, 0.29) is 30.9 Å². The molecule has 98 valence electrons. The third-order valence-electron chi connectivity index (χ3n) is 2.82. The Kier molecular flexibility index (Phi) is 7.55. The van der Waals surface area contributed by atoms with Crippen molar-refractivity contribution in [1.29, 1.82) is 0 Å². The van der Waals surface area contributed by atoms with E-state index in [1.165, 1.54) is 0 Å². The van der Waals surface area contributed by atoms with Gasteiger partial charge in [-0.2, -0.15) is 0 Å². The average molecular weight is 279 g/mol. The molecule has 1 fully saturated rings. The summed E-state index contributed by atoms with van der Waals surface area (Å²) < 4.78 is 5.66. The molecule has 0 amide bonds. The molecule has 0 radical (unpaired) electrons. The van der Waals surface area contributed by atoms with E-state index in [0.29, 0.717) is 0 Å². The fourth-order valence-corrected chi connectivity index (χ4v) is 2.02. The normalized spacial score (nSPS) is 17.7. The first-order valence-corrected chi connectivity index (χ1v) is 5.45. The summed E-state index contributed by atoms with van der Waals surface area (Å²) in [6, 6.07) is 4.28. The van der Waals surface area contributed by atoms with Crippen molar-refractivity contribution < 1.29 is 4.42 Å². The first-order chi connectivity index (χ1) is 7.31. The summed E-state index contributed by atoms with van der Waals surface area (Å²) in [6.45, 7) is 10.1. The fourth-order valence-electron chi connectivity index (χ4n) is 2.02. The maximum absolute atomic E-state index is 5.66. The van der Waals surface area contributed by atoms with Crippen LogP contribution in [0.25, 0.3) is 0 Å². The zero-order valence-electron chi connectivity index (χ0n) is 10.0. The molecule has 1 saturated heterocycles. The molecule has 3 nitrogen and oxygen atoms in total. The van der Waals surface area contributed by atoms with Gasteiger partial charge in [0.25, 0.3) is 0 Å². The molecule has 1 aromatic rings. The van der Waals surface area contributed by atoms with Gasteiger partial charge in [0.05, 0.1) is 6.04 Å². The highest BCUT2D eigenvalue weighted by Gasteiger charge is 2.21. The third kappa shape index (κ3) is 4.03. The Balaban J connectivity index is 0.00000128. The number of rotatable bonds is 3. The molecule has 2 heterocycles. The van der Waals surface area contributed by atoms with Crippen LogP contribution in [0.1, 0.15) is 17.6 Å². The lowest BCUT2D eigenvalue weighted by molar-refractivity contribution is 0.184. The molecular weight excluding hydrogens is 259 g/mol. The van der Waals surface area contributed by atoms with Gasteiger partial charge in [-0.25, -0.2) is 0 Å². The summed E-state index contributed by atoms with van der Waals surface area (Å²) >= 11 is 0. The lowest BCUT2D eigenvalue weighted by Gasteiger charge is -2.31. The van der Waals surface area contributed by atoms with E-state index in [1.807, 2.05) is 25.1 Å². The zero-order chi connectivity index (χ0) is 10.7. The van der Waals surface area contributed by atoms with Crippen LogP contribution in [-0.2, 0) is 0 Å². The minimum Gasteiger partial charge on any atom is -0.464 e. The molecule has 1 N–H and O–H groups in total. The monoisotopic (exact) mass is 278 g/mol. The molecule has 0 aliphatic carbocycles. The highest BCUT2D eigenvalue weighted by Crippen LogP contribution is 2.23. The van der Waals surface area contributed by atoms with Crippen LogP contribution in [0, 0.1) is 6.92 Å². The van der Waals surface area contributed by atoms with Crippen LogP contribution in [0.4, 0.5) is 0 Å². The molecule has 17 heavy (non-hydrogen) atoms. The van der Waals surface area contributed by atoms with Crippen molar-refractivity contribution in [3.8, 4) is 0 Å². The molecule has 5 heteroatoms. The Morgan fingerprint density at radius 3 is 2.47 bits per heavy atom. The van der Waals surface area contributed by atoms with Gasteiger partial charge >= 0.3 is 0 Å². The number of nitrogens with zero attached hydrogens (tertiary/aromatic N) is 1. The van der Waals surface area contributed by atoms with Crippen LogP contribution in [0.2, 0.25) is 0 Å². The summed E-state index contributed by atoms with van der Waals surface area (Å²) in [4.78, 5) is 2.39. The van der Waals surface area contributed by atoms with Crippen LogP contribution >= 0.6 is 24.8 Å². The maximum Gasteiger partial charge on any atom is 0.125 e. The summed E-state index contributed by atoms with van der Waals surface area (Å²) in [5.74, 6) is 1.97. The smallest absolute Gasteiger partial charge is 0.125 e. The van der Waals surface area contributed by atoms with Crippen LogP contribution in [-0.4, -0.2) is 31.1 Å². The Bertz CT molecular complexity index is 335. The Morgan fingerprint density at radius 1 is 1.35 bits per heavy atom. The summed E-state index contributed by atoms with van der Waals surface area (Å²) in [5.41, 5.74) is 0. The molecule has 1 atom stereocenters. The molecule has 1 aromatic heterocycles. The van der Waals surface area contributed by atoms with Crippen molar-refractivity contribution >= 4 is 24.8 Å². The first kappa shape index (κ1) is 16.5. The lowest BCUT2D eigenvalue weighted by Crippen LogP contribution is -2.44. The van der Waals surface area contributed by atoms with Gasteiger partial charge in [-0.3, -0.25) is 4.90 Å². The predicted octanol–water partition coefficient (Wildman–Crippen LogP) is 2.56. The van der Waals surface area contributed by atoms with E-state index in [0.717, 1.165) is 37.7 Å². The highest BCUT2D eigenvalue weighted by molar-refractivity contribution is 5.85. The van der Waals surface area contributed by atoms with Gasteiger partial charge in [-0.1, -0.05) is 6.08 Å². The van der Waals surface area contributed by atoms with Crippen LogP contribution in [0.3, 0.4) is 0 Å². The highest BCUT2D eigenvalue weighted by atomic mass is 35.5. The van der Waals surface area contributed by atoms with Gasteiger partial charge in [0.15, 0.2) is 0 Å². The maximum atomic E-state index is 5.66. The second kappa shape index (κ2) is 7.77. The van der Waals surface area contributed by atoms with E-state index in [9.17, 15) is 0 Å². The quantitative estimate of drug-likeness (QED) is 0.862. The lowest BCUT2D eigenvalue weighted by atomic mass is 10.1. The van der Waals surface area contributed by atoms with Crippen LogP contribution in [0.15, 0.2) is 29.2 Å². The van der Waals surface area contributed by atoms with Gasteiger partial charge in [-0.05, 0) is 19.1 Å². The SMILES string of the molecule is C=C[C@H](c1ccc(C)o1)N1CCNCC1.Cl.Cl. The first-order valence-electron chi connectivity index (χ1n) is 5.45. The molecule has 0 aromatic carbocycles. The third-order valence-corrected chi connectivity index (χ3v) is 2.82. The molecule has 1 aliphatic heterocycles. The van der Waals surface area contributed by atoms with Gasteiger partial charge in [-0.15, -0.1) is 31.4 Å². The molecule has 0 saturated carbocycles. The van der Waals surface area contributed by atoms with E-state index in [1.54, 1.807) is 0 Å². The van der Waals surface area contributed by atoms with Crippen molar-refractivity contribution in [3.05, 3.63) is 36.3 Å². The number of hydrogen-bond donors (Lipinski definition) is 1. The number of aryl methyl sites for hydroxylation is 1. The summed E-state index contributed by atoms with van der Waals surface area (Å²) in [7, 11) is 0. The molecule has 0 bridgehead atoms. The number of furan rings is 1. The molecule has 1 aliphatic rings. The van der Waals surface area contributed by atoms with Gasteiger partial charge in [0.1, 0.15) is 11.5 Å². The molecule has 0 unspecified atom stereocenters. The van der Waals surface area contributed by atoms with Gasteiger partial charge in [0, 0.05) is 26.2 Å². The van der Waals surface area contributed by atoms with Crippen LogP contribution < -0.4 is 5.32 Å². The van der Waals surface area contributed by atoms with E-state index >= 15 is 0 Å². The van der Waals surface area contributed by atoms with Gasteiger partial charge < -0.3 is 9.73 Å². The van der Waals surface area contributed by atoms with Crippen molar-refractivity contribution in [1.82, 2.24) is 10.2 Å². The molecule has 2 rings (SSSR count).